The van der Waals surface area contributed by atoms with E-state index in [1.807, 2.05) is 0 Å². The highest BCUT2D eigenvalue weighted by Crippen LogP contribution is 2.16. The number of nitrogens with two attached hydrogens (primary N) is 1. The SMILES string of the molecule is CC(C)(C)CCNC(=O)CCON. The molecule has 0 aliphatic carbocycles. The summed E-state index contributed by atoms with van der Waals surface area (Å²) in [5.74, 6) is 4.79. The summed E-state index contributed by atoms with van der Waals surface area (Å²) in [5.41, 5.74) is 0.262. The van der Waals surface area contributed by atoms with E-state index in [4.69, 9.17) is 5.90 Å². The van der Waals surface area contributed by atoms with Crippen molar-refractivity contribution in [2.45, 2.75) is 33.6 Å². The average Bonchev–Trinajstić information content (AvgIpc) is 1.98. The topological polar surface area (TPSA) is 64.3 Å². The van der Waals surface area contributed by atoms with Gasteiger partial charge in [0, 0.05) is 6.54 Å². The third-order valence-corrected chi connectivity index (χ3v) is 1.64. The second-order valence-corrected chi connectivity index (χ2v) is 4.28. The first kappa shape index (κ1) is 12.4. The van der Waals surface area contributed by atoms with Crippen LogP contribution in [0.2, 0.25) is 0 Å². The Kier molecular flexibility index (Phi) is 5.66. The highest BCUT2D eigenvalue weighted by Gasteiger charge is 2.09. The lowest BCUT2D eigenvalue weighted by Gasteiger charge is -2.17. The zero-order valence-corrected chi connectivity index (χ0v) is 8.72. The van der Waals surface area contributed by atoms with Crippen LogP contribution in [0.15, 0.2) is 0 Å². The van der Waals surface area contributed by atoms with Crippen LogP contribution in [0.1, 0.15) is 33.6 Å². The highest BCUT2D eigenvalue weighted by atomic mass is 16.6. The van der Waals surface area contributed by atoms with Gasteiger partial charge in [-0.05, 0) is 11.8 Å². The van der Waals surface area contributed by atoms with Crippen LogP contribution in [0, 0.1) is 5.41 Å². The maximum atomic E-state index is 11.0. The van der Waals surface area contributed by atoms with E-state index in [0.717, 1.165) is 6.42 Å². The number of nitrogens with one attached hydrogen (secondary N) is 1. The molecule has 0 aromatic heterocycles. The standard InChI is InChI=1S/C9H20N2O2/c1-9(2,3)5-6-11-8(12)4-7-13-10/h4-7,10H2,1-3H3,(H,11,12). The Morgan fingerprint density at radius 1 is 1.46 bits per heavy atom. The summed E-state index contributed by atoms with van der Waals surface area (Å²) in [6, 6.07) is 0. The molecule has 0 spiro atoms. The quantitative estimate of drug-likeness (QED) is 0.628. The van der Waals surface area contributed by atoms with Crippen LogP contribution in [0.4, 0.5) is 0 Å². The minimum absolute atomic E-state index is 0.00491. The van der Waals surface area contributed by atoms with Crippen LogP contribution in [0.3, 0.4) is 0 Å². The monoisotopic (exact) mass is 188 g/mol. The van der Waals surface area contributed by atoms with Crippen molar-refractivity contribution in [2.24, 2.45) is 11.3 Å². The predicted molar refractivity (Wildman–Crippen MR) is 51.8 cm³/mol. The molecule has 4 heteroatoms. The zero-order chi connectivity index (χ0) is 10.3. The summed E-state index contributed by atoms with van der Waals surface area (Å²) < 4.78 is 0. The molecule has 0 saturated carbocycles. The largest absolute Gasteiger partial charge is 0.356 e. The molecule has 0 heterocycles. The molecule has 78 valence electrons. The third-order valence-electron chi connectivity index (χ3n) is 1.64. The fraction of sp³-hybridized carbons (Fsp3) is 0.889. The summed E-state index contributed by atoms with van der Waals surface area (Å²) in [6.07, 6.45) is 1.31. The molecular weight excluding hydrogens is 168 g/mol. The van der Waals surface area contributed by atoms with Crippen LogP contribution in [-0.4, -0.2) is 19.1 Å². The number of carbonyl (C=O) groups excluding carboxylic acids is 1. The smallest absolute Gasteiger partial charge is 0.222 e. The van der Waals surface area contributed by atoms with Gasteiger partial charge in [0.15, 0.2) is 0 Å². The van der Waals surface area contributed by atoms with Crippen molar-refractivity contribution in [2.75, 3.05) is 13.2 Å². The number of hydrogen-bond donors (Lipinski definition) is 2. The minimum Gasteiger partial charge on any atom is -0.356 e. The van der Waals surface area contributed by atoms with Gasteiger partial charge in [0.2, 0.25) is 5.91 Å². The van der Waals surface area contributed by atoms with Crippen molar-refractivity contribution in [3.63, 3.8) is 0 Å². The fourth-order valence-corrected chi connectivity index (χ4v) is 0.817. The molecule has 4 nitrogen and oxygen atoms in total. The van der Waals surface area contributed by atoms with E-state index in [1.165, 1.54) is 0 Å². The molecule has 0 rings (SSSR count). The van der Waals surface area contributed by atoms with Crippen molar-refractivity contribution < 1.29 is 9.63 Å². The van der Waals surface area contributed by atoms with Gasteiger partial charge < -0.3 is 10.2 Å². The van der Waals surface area contributed by atoms with Crippen molar-refractivity contribution in [1.82, 2.24) is 5.32 Å². The van der Waals surface area contributed by atoms with Gasteiger partial charge in [0.05, 0.1) is 13.0 Å². The highest BCUT2D eigenvalue weighted by molar-refractivity contribution is 5.75. The number of amides is 1. The molecule has 0 fully saturated rings. The second-order valence-electron chi connectivity index (χ2n) is 4.28. The van der Waals surface area contributed by atoms with Crippen molar-refractivity contribution in [3.8, 4) is 0 Å². The van der Waals surface area contributed by atoms with Crippen LogP contribution in [0.5, 0.6) is 0 Å². The first-order valence-electron chi connectivity index (χ1n) is 4.54. The normalized spacial score (nSPS) is 11.4. The molecule has 0 aliphatic heterocycles. The molecule has 13 heavy (non-hydrogen) atoms. The Balaban J connectivity index is 3.37. The first-order valence-corrected chi connectivity index (χ1v) is 4.54. The van der Waals surface area contributed by atoms with Crippen molar-refractivity contribution in [1.29, 1.82) is 0 Å². The van der Waals surface area contributed by atoms with E-state index in [0.29, 0.717) is 13.0 Å². The van der Waals surface area contributed by atoms with E-state index in [1.54, 1.807) is 0 Å². The molecule has 1 amide bonds. The number of carbonyl (C=O) groups is 1. The molecular formula is C9H20N2O2. The van der Waals surface area contributed by atoms with E-state index in [9.17, 15) is 4.79 Å². The van der Waals surface area contributed by atoms with Gasteiger partial charge in [-0.25, -0.2) is 5.90 Å². The van der Waals surface area contributed by atoms with Gasteiger partial charge in [0.25, 0.3) is 0 Å². The molecule has 0 aromatic carbocycles. The molecule has 0 saturated heterocycles. The first-order chi connectivity index (χ1) is 5.95. The minimum atomic E-state index is -0.00491. The Labute approximate surface area is 79.8 Å². The van der Waals surface area contributed by atoms with E-state index in [2.05, 4.69) is 30.9 Å². The second kappa shape index (κ2) is 5.94. The summed E-state index contributed by atoms with van der Waals surface area (Å²) in [5, 5.41) is 2.80. The average molecular weight is 188 g/mol. The van der Waals surface area contributed by atoms with Crippen LogP contribution in [0.25, 0.3) is 0 Å². The predicted octanol–water partition coefficient (Wildman–Crippen LogP) is 0.819. The maximum absolute atomic E-state index is 11.0. The molecule has 0 aliphatic rings. The van der Waals surface area contributed by atoms with Crippen LogP contribution < -0.4 is 11.2 Å². The van der Waals surface area contributed by atoms with Gasteiger partial charge in [0.1, 0.15) is 0 Å². The van der Waals surface area contributed by atoms with Gasteiger partial charge in [-0.1, -0.05) is 20.8 Å². The molecule has 0 bridgehead atoms. The zero-order valence-electron chi connectivity index (χ0n) is 8.72. The lowest BCUT2D eigenvalue weighted by molar-refractivity contribution is -0.122. The van der Waals surface area contributed by atoms with Crippen molar-refractivity contribution >= 4 is 5.91 Å². The Bertz CT molecular complexity index is 152. The molecule has 0 aromatic rings. The lowest BCUT2D eigenvalue weighted by atomic mass is 9.92. The van der Waals surface area contributed by atoms with E-state index >= 15 is 0 Å². The fourth-order valence-electron chi connectivity index (χ4n) is 0.817. The van der Waals surface area contributed by atoms with E-state index < -0.39 is 0 Å². The van der Waals surface area contributed by atoms with E-state index in [-0.39, 0.29) is 17.9 Å². The number of hydrogen-bond acceptors (Lipinski definition) is 3. The van der Waals surface area contributed by atoms with Gasteiger partial charge in [-0.3, -0.25) is 4.79 Å². The van der Waals surface area contributed by atoms with Crippen LogP contribution in [-0.2, 0) is 9.63 Å². The Morgan fingerprint density at radius 3 is 2.54 bits per heavy atom. The molecule has 0 unspecified atom stereocenters. The van der Waals surface area contributed by atoms with Gasteiger partial charge >= 0.3 is 0 Å². The summed E-state index contributed by atoms with van der Waals surface area (Å²) in [7, 11) is 0. The Hall–Kier alpha value is -0.610. The lowest BCUT2D eigenvalue weighted by Crippen LogP contribution is -2.28. The summed E-state index contributed by atoms with van der Waals surface area (Å²) >= 11 is 0. The third kappa shape index (κ3) is 9.30. The maximum Gasteiger partial charge on any atom is 0.222 e. The van der Waals surface area contributed by atoms with Gasteiger partial charge in [-0.2, -0.15) is 0 Å². The van der Waals surface area contributed by atoms with Gasteiger partial charge in [-0.15, -0.1) is 0 Å². The van der Waals surface area contributed by atoms with Crippen LogP contribution >= 0.6 is 0 Å². The molecule has 0 atom stereocenters. The molecule has 3 N–H and O–H groups in total. The summed E-state index contributed by atoms with van der Waals surface area (Å²) in [6.45, 7) is 7.42. The molecule has 0 radical (unpaired) electrons. The Morgan fingerprint density at radius 2 is 2.08 bits per heavy atom. The van der Waals surface area contributed by atoms with Crippen molar-refractivity contribution in [3.05, 3.63) is 0 Å². The number of rotatable bonds is 5. The summed E-state index contributed by atoms with van der Waals surface area (Å²) in [4.78, 5) is 15.3.